The molecule has 0 aromatic heterocycles. The largest absolute Gasteiger partial charge is 0.437 e. The fraction of sp³-hybridized carbons (Fsp3) is 0.188. The van der Waals surface area contributed by atoms with Crippen LogP contribution in [0.1, 0.15) is 16.7 Å². The lowest BCUT2D eigenvalue weighted by Gasteiger charge is -2.10. The molecule has 24 heavy (non-hydrogen) atoms. The first-order valence-electron chi connectivity index (χ1n) is 6.82. The van der Waals surface area contributed by atoms with Gasteiger partial charge in [0.2, 0.25) is 0 Å². The van der Waals surface area contributed by atoms with E-state index < -0.39 is 22.0 Å². The van der Waals surface area contributed by atoms with Gasteiger partial charge in [0.1, 0.15) is 4.90 Å². The van der Waals surface area contributed by atoms with E-state index in [0.717, 1.165) is 11.1 Å². The van der Waals surface area contributed by atoms with Gasteiger partial charge in [-0.3, -0.25) is 4.28 Å². The zero-order valence-electron chi connectivity index (χ0n) is 12.8. The Morgan fingerprint density at radius 3 is 1.83 bits per heavy atom. The Bertz CT molecular complexity index is 840. The van der Waals surface area contributed by atoms with E-state index >= 15 is 0 Å². The average molecular weight is 357 g/mol. The van der Waals surface area contributed by atoms with Crippen LogP contribution < -0.4 is 0 Å². The highest BCUT2D eigenvalue weighted by molar-refractivity contribution is 7.86. The van der Waals surface area contributed by atoms with Crippen molar-refractivity contribution in [1.29, 1.82) is 0 Å². The maximum Gasteiger partial charge on any atom is 0.437 e. The summed E-state index contributed by atoms with van der Waals surface area (Å²) in [7, 11) is -4.44. The molecule has 4 nitrogen and oxygen atoms in total. The highest BCUT2D eigenvalue weighted by Gasteiger charge is 2.38. The van der Waals surface area contributed by atoms with Crippen LogP contribution in [0.5, 0.6) is 0 Å². The number of alkyl halides is 3. The Kier molecular flexibility index (Phi) is 4.98. The smallest absolute Gasteiger partial charge is 0.264 e. The van der Waals surface area contributed by atoms with Gasteiger partial charge in [-0.2, -0.15) is 21.6 Å². The molecule has 0 aliphatic rings. The molecule has 2 rings (SSSR count). The average Bonchev–Trinajstić information content (AvgIpc) is 2.48. The molecular formula is C16H14F3NO3S. The lowest BCUT2D eigenvalue weighted by atomic mass is 10.1. The van der Waals surface area contributed by atoms with Gasteiger partial charge in [-0.25, -0.2) is 0 Å². The summed E-state index contributed by atoms with van der Waals surface area (Å²) in [4.78, 5) is -0.276. The minimum Gasteiger partial charge on any atom is -0.264 e. The Balaban J connectivity index is 2.37. The zero-order chi connectivity index (χ0) is 18.0. The number of nitrogens with zero attached hydrogens (tertiary/aromatic N) is 1. The number of hydrogen-bond acceptors (Lipinski definition) is 4. The monoisotopic (exact) mass is 357 g/mol. The number of halogens is 3. The van der Waals surface area contributed by atoms with Gasteiger partial charge in [0.15, 0.2) is 5.71 Å². The quantitative estimate of drug-likeness (QED) is 0.614. The number of benzene rings is 2. The van der Waals surface area contributed by atoms with Gasteiger partial charge in [0.05, 0.1) is 0 Å². The van der Waals surface area contributed by atoms with E-state index in [1.54, 1.807) is 13.8 Å². The van der Waals surface area contributed by atoms with Crippen molar-refractivity contribution in [1.82, 2.24) is 0 Å². The van der Waals surface area contributed by atoms with E-state index in [4.69, 9.17) is 0 Å². The van der Waals surface area contributed by atoms with Crippen molar-refractivity contribution in [2.45, 2.75) is 24.9 Å². The van der Waals surface area contributed by atoms with Crippen molar-refractivity contribution in [3.05, 3.63) is 65.2 Å². The third kappa shape index (κ3) is 4.35. The van der Waals surface area contributed by atoms with Crippen LogP contribution in [0.4, 0.5) is 13.2 Å². The molecule has 0 spiro atoms. The molecule has 0 heterocycles. The predicted molar refractivity (Wildman–Crippen MR) is 83.2 cm³/mol. The molecule has 0 N–H and O–H groups in total. The first-order chi connectivity index (χ1) is 11.1. The molecule has 2 aromatic carbocycles. The third-order valence-electron chi connectivity index (χ3n) is 3.13. The fourth-order valence-electron chi connectivity index (χ4n) is 1.81. The molecule has 2 aromatic rings. The van der Waals surface area contributed by atoms with Crippen LogP contribution in [0, 0.1) is 13.8 Å². The van der Waals surface area contributed by atoms with Crippen LogP contribution in [0.25, 0.3) is 0 Å². The predicted octanol–water partition coefficient (Wildman–Crippen LogP) is 3.98. The minimum atomic E-state index is -4.86. The Hall–Kier alpha value is -2.35. The molecule has 0 radical (unpaired) electrons. The van der Waals surface area contributed by atoms with Crippen molar-refractivity contribution < 1.29 is 25.9 Å². The van der Waals surface area contributed by atoms with Gasteiger partial charge in [-0.1, -0.05) is 52.7 Å². The number of hydrogen-bond donors (Lipinski definition) is 0. The van der Waals surface area contributed by atoms with Gasteiger partial charge in [0, 0.05) is 5.56 Å². The van der Waals surface area contributed by atoms with Crippen LogP contribution in [0.2, 0.25) is 0 Å². The molecule has 0 unspecified atom stereocenters. The van der Waals surface area contributed by atoms with Gasteiger partial charge in [-0.15, -0.1) is 0 Å². The van der Waals surface area contributed by atoms with Crippen LogP contribution in [0.15, 0.2) is 58.6 Å². The van der Waals surface area contributed by atoms with E-state index in [0.29, 0.717) is 0 Å². The summed E-state index contributed by atoms with van der Waals surface area (Å²) in [6.45, 7) is 3.46. The molecule has 0 bridgehead atoms. The summed E-state index contributed by atoms with van der Waals surface area (Å²) in [5.74, 6) is 0. The van der Waals surface area contributed by atoms with Gasteiger partial charge >= 0.3 is 16.3 Å². The summed E-state index contributed by atoms with van der Waals surface area (Å²) >= 11 is 0. The second-order valence-corrected chi connectivity index (χ2v) is 6.67. The number of rotatable bonds is 4. The summed E-state index contributed by atoms with van der Waals surface area (Å²) in [5, 5.41) is 2.87. The van der Waals surface area contributed by atoms with Crippen molar-refractivity contribution >= 4 is 15.8 Å². The van der Waals surface area contributed by atoms with Gasteiger partial charge in [-0.05, 0) is 26.0 Å². The van der Waals surface area contributed by atoms with Crippen molar-refractivity contribution in [3.63, 3.8) is 0 Å². The van der Waals surface area contributed by atoms with Crippen molar-refractivity contribution in [2.75, 3.05) is 0 Å². The zero-order valence-corrected chi connectivity index (χ0v) is 13.6. The molecule has 128 valence electrons. The first kappa shape index (κ1) is 18.0. The Morgan fingerprint density at radius 1 is 0.917 bits per heavy atom. The first-order valence-corrected chi connectivity index (χ1v) is 8.23. The summed E-state index contributed by atoms with van der Waals surface area (Å²) < 4.78 is 67.6. The standard InChI is InChI=1S/C16H14F3NO3S/c1-11-3-7-13(8-4-11)15(16(17,18)19)20-23-24(21,22)14-9-5-12(2)6-10-14/h3-10H,1-2H3/b20-15-. The summed E-state index contributed by atoms with van der Waals surface area (Å²) in [6.07, 6.45) is -4.86. The molecule has 0 amide bonds. The maximum atomic E-state index is 13.1. The molecule has 0 saturated carbocycles. The van der Waals surface area contributed by atoms with E-state index in [-0.39, 0.29) is 10.5 Å². The van der Waals surface area contributed by atoms with Crippen molar-refractivity contribution in [2.24, 2.45) is 5.16 Å². The van der Waals surface area contributed by atoms with Gasteiger partial charge in [0.25, 0.3) is 0 Å². The minimum absolute atomic E-state index is 0.276. The van der Waals surface area contributed by atoms with Gasteiger partial charge < -0.3 is 0 Å². The van der Waals surface area contributed by atoms with Crippen LogP contribution in [0.3, 0.4) is 0 Å². The van der Waals surface area contributed by atoms with Crippen molar-refractivity contribution in [3.8, 4) is 0 Å². The molecule has 0 fully saturated rings. The van der Waals surface area contributed by atoms with Crippen LogP contribution in [-0.4, -0.2) is 20.3 Å². The number of aryl methyl sites for hydroxylation is 2. The van der Waals surface area contributed by atoms with Crippen LogP contribution in [-0.2, 0) is 14.4 Å². The molecule has 8 heteroatoms. The lowest BCUT2D eigenvalue weighted by Crippen LogP contribution is -2.25. The number of oxime groups is 1. The normalized spacial score (nSPS) is 13.0. The van der Waals surface area contributed by atoms with E-state index in [9.17, 15) is 21.6 Å². The molecule has 0 aliphatic heterocycles. The molecule has 0 aliphatic carbocycles. The highest BCUT2D eigenvalue weighted by atomic mass is 32.2. The SMILES string of the molecule is Cc1ccc(/C(=N/OS(=O)(=O)c2ccc(C)cc2)C(F)(F)F)cc1. The third-order valence-corrected chi connectivity index (χ3v) is 4.25. The second-order valence-electron chi connectivity index (χ2n) is 5.15. The summed E-state index contributed by atoms with van der Waals surface area (Å²) in [5.41, 5.74) is -0.146. The molecular weight excluding hydrogens is 343 g/mol. The Labute approximate surface area is 137 Å². The topological polar surface area (TPSA) is 55.7 Å². The second kappa shape index (κ2) is 6.64. The van der Waals surface area contributed by atoms with E-state index in [1.165, 1.54) is 48.5 Å². The summed E-state index contributed by atoms with van der Waals surface area (Å²) in [6, 6.07) is 10.8. The van der Waals surface area contributed by atoms with Crippen LogP contribution >= 0.6 is 0 Å². The highest BCUT2D eigenvalue weighted by Crippen LogP contribution is 2.24. The Morgan fingerprint density at radius 2 is 1.38 bits per heavy atom. The maximum absolute atomic E-state index is 13.1. The lowest BCUT2D eigenvalue weighted by molar-refractivity contribution is -0.0597. The molecule has 0 saturated heterocycles. The fourth-order valence-corrected chi connectivity index (χ4v) is 2.54. The molecule has 0 atom stereocenters. The van der Waals surface area contributed by atoms with E-state index in [1.807, 2.05) is 0 Å². The van der Waals surface area contributed by atoms with E-state index in [2.05, 4.69) is 9.44 Å².